The molecule has 0 bridgehead atoms. The van der Waals surface area contributed by atoms with Crippen molar-refractivity contribution in [2.75, 3.05) is 11.9 Å². The van der Waals surface area contributed by atoms with Crippen LogP contribution >= 0.6 is 0 Å². The molecule has 2 rings (SSSR count). The van der Waals surface area contributed by atoms with E-state index >= 15 is 0 Å². The summed E-state index contributed by atoms with van der Waals surface area (Å²) >= 11 is 0. The number of nitrogens with zero attached hydrogens (tertiary/aromatic N) is 1. The van der Waals surface area contributed by atoms with E-state index in [0.29, 0.717) is 12.5 Å². The zero-order valence-corrected chi connectivity index (χ0v) is 11.3. The van der Waals surface area contributed by atoms with Gasteiger partial charge >= 0.3 is 0 Å². The van der Waals surface area contributed by atoms with Gasteiger partial charge in [0, 0.05) is 18.3 Å². The van der Waals surface area contributed by atoms with Gasteiger partial charge < -0.3 is 10.1 Å². The number of anilines is 1. The van der Waals surface area contributed by atoms with Crippen LogP contribution in [0.3, 0.4) is 0 Å². The molecule has 4 N–H and O–H groups in total. The summed E-state index contributed by atoms with van der Waals surface area (Å²) in [5.74, 6) is 7.45. The highest BCUT2D eigenvalue weighted by Gasteiger charge is 2.01. The average molecular weight is 270 g/mol. The van der Waals surface area contributed by atoms with E-state index in [-0.39, 0.29) is 0 Å². The summed E-state index contributed by atoms with van der Waals surface area (Å²) < 4.78 is 5.76. The fourth-order valence-corrected chi connectivity index (χ4v) is 1.68. The normalized spacial score (nSPS) is 11.0. The monoisotopic (exact) mass is 270 g/mol. The minimum atomic E-state index is 0.518. The molecule has 0 radical (unpaired) electrons. The van der Waals surface area contributed by atoms with E-state index in [1.165, 1.54) is 0 Å². The van der Waals surface area contributed by atoms with Crippen LogP contribution in [0.2, 0.25) is 0 Å². The van der Waals surface area contributed by atoms with Crippen molar-refractivity contribution in [1.29, 1.82) is 0 Å². The fraction of sp³-hybridized carbons (Fsp3) is 0.133. The van der Waals surface area contributed by atoms with Crippen LogP contribution in [0.1, 0.15) is 6.92 Å². The van der Waals surface area contributed by atoms with Crippen molar-refractivity contribution in [1.82, 2.24) is 5.43 Å². The van der Waals surface area contributed by atoms with Gasteiger partial charge in [0.25, 0.3) is 0 Å². The predicted molar refractivity (Wildman–Crippen MR) is 81.9 cm³/mol. The molecule has 0 heterocycles. The highest BCUT2D eigenvalue weighted by Crippen LogP contribution is 2.23. The van der Waals surface area contributed by atoms with Crippen LogP contribution in [0.15, 0.2) is 59.6 Å². The number of hydrogen-bond donors (Lipinski definition) is 3. The second-order valence-electron chi connectivity index (χ2n) is 4.04. The summed E-state index contributed by atoms with van der Waals surface area (Å²) in [6.07, 6.45) is 0. The van der Waals surface area contributed by atoms with Crippen molar-refractivity contribution in [3.63, 3.8) is 0 Å². The van der Waals surface area contributed by atoms with Gasteiger partial charge in [-0.2, -0.15) is 0 Å². The van der Waals surface area contributed by atoms with Gasteiger partial charge in [-0.15, -0.1) is 0 Å². The lowest BCUT2D eigenvalue weighted by Gasteiger charge is -2.11. The molecular formula is C15H18N4O. The lowest BCUT2D eigenvalue weighted by atomic mass is 10.3. The number of para-hydroxylation sites is 1. The largest absolute Gasteiger partial charge is 0.457 e. The standard InChI is InChI=1S/C15H18N4O/c1-2-17-15(19-16)18-12-7-6-10-14(11-12)20-13-8-4-3-5-9-13/h3-11H,2,16H2,1H3,(H2,17,18,19). The van der Waals surface area contributed by atoms with Crippen molar-refractivity contribution < 1.29 is 4.74 Å². The SMILES string of the molecule is CCN=C(NN)Nc1cccc(Oc2ccccc2)c1. The van der Waals surface area contributed by atoms with Crippen LogP contribution in [-0.4, -0.2) is 12.5 Å². The summed E-state index contributed by atoms with van der Waals surface area (Å²) in [4.78, 5) is 4.18. The smallest absolute Gasteiger partial charge is 0.210 e. The number of ether oxygens (including phenoxy) is 1. The Balaban J connectivity index is 2.10. The first-order chi connectivity index (χ1) is 9.81. The molecule has 0 aliphatic rings. The molecule has 0 saturated heterocycles. The summed E-state index contributed by atoms with van der Waals surface area (Å²) in [5.41, 5.74) is 3.37. The molecule has 0 saturated carbocycles. The van der Waals surface area contributed by atoms with E-state index < -0.39 is 0 Å². The quantitative estimate of drug-likeness (QED) is 0.346. The number of benzene rings is 2. The second-order valence-corrected chi connectivity index (χ2v) is 4.04. The minimum absolute atomic E-state index is 0.518. The molecule has 0 atom stereocenters. The van der Waals surface area contributed by atoms with Gasteiger partial charge in [0.15, 0.2) is 0 Å². The lowest BCUT2D eigenvalue weighted by Crippen LogP contribution is -2.36. The summed E-state index contributed by atoms with van der Waals surface area (Å²) in [5, 5.41) is 3.09. The van der Waals surface area contributed by atoms with Gasteiger partial charge in [-0.25, -0.2) is 5.84 Å². The number of guanidine groups is 1. The number of nitrogens with two attached hydrogens (primary N) is 1. The van der Waals surface area contributed by atoms with E-state index in [4.69, 9.17) is 10.6 Å². The highest BCUT2D eigenvalue weighted by atomic mass is 16.5. The molecule has 0 aliphatic carbocycles. The maximum Gasteiger partial charge on any atom is 0.210 e. The van der Waals surface area contributed by atoms with Crippen molar-refractivity contribution in [3.05, 3.63) is 54.6 Å². The van der Waals surface area contributed by atoms with Crippen molar-refractivity contribution in [2.45, 2.75) is 6.92 Å². The molecule has 0 amide bonds. The topological polar surface area (TPSA) is 71.7 Å². The van der Waals surface area contributed by atoms with E-state index in [2.05, 4.69) is 15.7 Å². The highest BCUT2D eigenvalue weighted by molar-refractivity contribution is 5.93. The Morgan fingerprint density at radius 2 is 1.85 bits per heavy atom. The molecule has 5 nitrogen and oxygen atoms in total. The minimum Gasteiger partial charge on any atom is -0.457 e. The molecule has 0 aromatic heterocycles. The Hall–Kier alpha value is -2.53. The fourth-order valence-electron chi connectivity index (χ4n) is 1.68. The third-order valence-corrected chi connectivity index (χ3v) is 2.53. The van der Waals surface area contributed by atoms with Gasteiger partial charge in [-0.1, -0.05) is 24.3 Å². The average Bonchev–Trinajstić information content (AvgIpc) is 2.48. The second kappa shape index (κ2) is 7.16. The van der Waals surface area contributed by atoms with Gasteiger partial charge in [-0.3, -0.25) is 10.4 Å². The number of aliphatic imine (C=N–C) groups is 1. The van der Waals surface area contributed by atoms with Crippen LogP contribution in [0, 0.1) is 0 Å². The Bertz CT molecular complexity index is 569. The van der Waals surface area contributed by atoms with Crippen molar-refractivity contribution >= 4 is 11.6 Å². The van der Waals surface area contributed by atoms with Crippen molar-refractivity contribution in [2.24, 2.45) is 10.8 Å². The first-order valence-corrected chi connectivity index (χ1v) is 6.43. The third-order valence-electron chi connectivity index (χ3n) is 2.53. The Kier molecular flexibility index (Phi) is 4.97. The number of hydrazine groups is 1. The number of nitrogens with one attached hydrogen (secondary N) is 2. The van der Waals surface area contributed by atoms with Gasteiger partial charge in [-0.05, 0) is 31.2 Å². The molecule has 2 aromatic carbocycles. The molecule has 0 spiro atoms. The Morgan fingerprint density at radius 3 is 2.55 bits per heavy atom. The zero-order valence-electron chi connectivity index (χ0n) is 11.3. The first kappa shape index (κ1) is 13.9. The predicted octanol–water partition coefficient (Wildman–Crippen LogP) is 2.73. The zero-order chi connectivity index (χ0) is 14.2. The van der Waals surface area contributed by atoms with Gasteiger partial charge in [0.1, 0.15) is 11.5 Å². The summed E-state index contributed by atoms with van der Waals surface area (Å²) in [6.45, 7) is 2.58. The van der Waals surface area contributed by atoms with Crippen molar-refractivity contribution in [3.8, 4) is 11.5 Å². The molecule has 5 heteroatoms. The first-order valence-electron chi connectivity index (χ1n) is 6.43. The van der Waals surface area contributed by atoms with E-state index in [1.54, 1.807) is 0 Å². The summed E-state index contributed by atoms with van der Waals surface area (Å²) in [7, 11) is 0. The maximum atomic E-state index is 5.76. The van der Waals surface area contributed by atoms with Crippen LogP contribution in [0.4, 0.5) is 5.69 Å². The molecule has 104 valence electrons. The van der Waals surface area contributed by atoms with E-state index in [1.807, 2.05) is 61.5 Å². The molecule has 2 aromatic rings. The Labute approximate surface area is 118 Å². The van der Waals surface area contributed by atoms with Crippen LogP contribution in [0.25, 0.3) is 0 Å². The molecule has 0 unspecified atom stereocenters. The number of rotatable bonds is 4. The Morgan fingerprint density at radius 1 is 1.10 bits per heavy atom. The molecule has 20 heavy (non-hydrogen) atoms. The van der Waals surface area contributed by atoms with Crippen LogP contribution in [-0.2, 0) is 0 Å². The van der Waals surface area contributed by atoms with E-state index in [9.17, 15) is 0 Å². The third kappa shape index (κ3) is 4.00. The van der Waals surface area contributed by atoms with Crippen LogP contribution in [0.5, 0.6) is 11.5 Å². The summed E-state index contributed by atoms with van der Waals surface area (Å²) in [6, 6.07) is 17.2. The van der Waals surface area contributed by atoms with Gasteiger partial charge in [0.05, 0.1) is 0 Å². The van der Waals surface area contributed by atoms with E-state index in [0.717, 1.165) is 17.2 Å². The van der Waals surface area contributed by atoms with Crippen LogP contribution < -0.4 is 21.3 Å². The molecule has 0 fully saturated rings. The number of hydrogen-bond acceptors (Lipinski definition) is 3. The maximum absolute atomic E-state index is 5.76. The lowest BCUT2D eigenvalue weighted by molar-refractivity contribution is 0.483. The van der Waals surface area contributed by atoms with Gasteiger partial charge in [0.2, 0.25) is 5.96 Å². The molecular weight excluding hydrogens is 252 g/mol. The molecule has 0 aliphatic heterocycles.